The van der Waals surface area contributed by atoms with Crippen LogP contribution in [0, 0.1) is 5.41 Å². The van der Waals surface area contributed by atoms with E-state index < -0.39 is 10.0 Å². The number of rotatable bonds is 3. The maximum atomic E-state index is 4.88. The van der Waals surface area contributed by atoms with Gasteiger partial charge in [0.1, 0.15) is 0 Å². The third-order valence-corrected chi connectivity index (χ3v) is 9.22. The summed E-state index contributed by atoms with van der Waals surface area (Å²) >= 11 is 0. The quantitative estimate of drug-likeness (QED) is 0.389. The molecule has 0 aliphatic heterocycles. The number of pyridine rings is 1. The molecule has 0 unspecified atom stereocenters. The van der Waals surface area contributed by atoms with Crippen LogP contribution < -0.4 is 0 Å². The van der Waals surface area contributed by atoms with Gasteiger partial charge in [-0.1, -0.05) is 74.4 Å². The molecule has 0 aliphatic carbocycles. The molecule has 32 heavy (non-hydrogen) atoms. The predicted octanol–water partition coefficient (Wildman–Crippen LogP) is 8.97. The molecule has 0 amide bonds. The van der Waals surface area contributed by atoms with E-state index in [4.69, 9.17) is 4.98 Å². The highest BCUT2D eigenvalue weighted by Gasteiger charge is 2.24. The van der Waals surface area contributed by atoms with E-state index in [0.29, 0.717) is 5.41 Å². The molecule has 0 radical (unpaired) electrons. The Hall–Kier alpha value is -1.80. The average molecular weight is 450 g/mol. The minimum atomic E-state index is -0.859. The van der Waals surface area contributed by atoms with Crippen LogP contribution in [0.15, 0.2) is 53.6 Å². The van der Waals surface area contributed by atoms with Crippen molar-refractivity contribution in [1.29, 1.82) is 0 Å². The molecule has 0 saturated carbocycles. The lowest BCUT2D eigenvalue weighted by Crippen LogP contribution is -2.17. The first-order valence-electron chi connectivity index (χ1n) is 11.7. The second-order valence-electron chi connectivity index (χ2n) is 13.1. The SMILES string of the molecule is CC(C)(C)CS(C)(C)c1ccc2c(-c3cc(C(C)(C)C)cc(C(C)(C)C)c3)nccc2c1. The molecule has 0 atom stereocenters. The van der Waals surface area contributed by atoms with E-state index >= 15 is 0 Å². The molecule has 0 fully saturated rings. The van der Waals surface area contributed by atoms with Crippen LogP contribution in [0.4, 0.5) is 0 Å². The summed E-state index contributed by atoms with van der Waals surface area (Å²) in [7, 11) is -0.859. The maximum absolute atomic E-state index is 4.88. The van der Waals surface area contributed by atoms with E-state index in [1.54, 1.807) is 0 Å². The molecule has 0 spiro atoms. The molecule has 2 aromatic carbocycles. The van der Waals surface area contributed by atoms with Gasteiger partial charge in [-0.05, 0) is 86.2 Å². The Morgan fingerprint density at radius 3 is 1.78 bits per heavy atom. The topological polar surface area (TPSA) is 12.9 Å². The molecule has 3 rings (SSSR count). The molecule has 174 valence electrons. The first-order chi connectivity index (χ1) is 14.5. The lowest BCUT2D eigenvalue weighted by molar-refractivity contribution is 0.478. The number of aromatic nitrogens is 1. The van der Waals surface area contributed by atoms with Gasteiger partial charge in [-0.3, -0.25) is 4.98 Å². The zero-order valence-electron chi connectivity index (χ0n) is 22.2. The lowest BCUT2D eigenvalue weighted by Gasteiger charge is -2.38. The number of benzene rings is 2. The molecule has 1 nitrogen and oxygen atoms in total. The smallest absolute Gasteiger partial charge is 0.0780 e. The molecule has 3 aromatic rings. The van der Waals surface area contributed by atoms with E-state index in [9.17, 15) is 0 Å². The number of hydrogen-bond acceptors (Lipinski definition) is 1. The van der Waals surface area contributed by atoms with Gasteiger partial charge in [-0.15, -0.1) is 0 Å². The Morgan fingerprint density at radius 1 is 0.719 bits per heavy atom. The molecule has 1 aromatic heterocycles. The summed E-state index contributed by atoms with van der Waals surface area (Å²) in [6.07, 6.45) is 6.88. The zero-order chi connectivity index (χ0) is 24.1. The van der Waals surface area contributed by atoms with Gasteiger partial charge in [0.15, 0.2) is 0 Å². The Morgan fingerprint density at radius 2 is 1.28 bits per heavy atom. The van der Waals surface area contributed by atoms with Crippen LogP contribution in [0.5, 0.6) is 0 Å². The van der Waals surface area contributed by atoms with E-state index in [2.05, 4.69) is 117 Å². The summed E-state index contributed by atoms with van der Waals surface area (Å²) in [4.78, 5) is 6.36. The molecule has 0 aliphatic rings. The third kappa shape index (κ3) is 5.57. The van der Waals surface area contributed by atoms with Gasteiger partial charge in [0, 0.05) is 17.1 Å². The van der Waals surface area contributed by atoms with Gasteiger partial charge in [-0.25, -0.2) is 10.0 Å². The van der Waals surface area contributed by atoms with Crippen molar-refractivity contribution < 1.29 is 0 Å². The minimum Gasteiger partial charge on any atom is -0.256 e. The summed E-state index contributed by atoms with van der Waals surface area (Å²) in [6, 6.07) is 16.3. The Kier molecular flexibility index (Phi) is 6.37. The normalized spacial score (nSPS) is 14.1. The first-order valence-corrected chi connectivity index (χ1v) is 14.4. The van der Waals surface area contributed by atoms with E-state index in [-0.39, 0.29) is 10.8 Å². The van der Waals surface area contributed by atoms with Crippen LogP contribution in [0.1, 0.15) is 73.4 Å². The van der Waals surface area contributed by atoms with Crippen molar-refractivity contribution in [2.45, 2.75) is 78.0 Å². The van der Waals surface area contributed by atoms with E-state index in [1.807, 2.05) is 6.20 Å². The summed E-state index contributed by atoms with van der Waals surface area (Å²) in [6.45, 7) is 20.8. The summed E-state index contributed by atoms with van der Waals surface area (Å²) < 4.78 is 0. The Balaban J connectivity index is 2.19. The fraction of sp³-hybridized carbons (Fsp3) is 0.500. The summed E-state index contributed by atoms with van der Waals surface area (Å²) in [5, 5.41) is 2.54. The highest BCUT2D eigenvalue weighted by molar-refractivity contribution is 8.32. The van der Waals surface area contributed by atoms with Gasteiger partial charge >= 0.3 is 0 Å². The van der Waals surface area contributed by atoms with Gasteiger partial charge in [-0.2, -0.15) is 0 Å². The van der Waals surface area contributed by atoms with Crippen LogP contribution in [0.25, 0.3) is 22.0 Å². The fourth-order valence-corrected chi connectivity index (χ4v) is 7.74. The number of nitrogens with zero attached hydrogens (tertiary/aromatic N) is 1. The molecule has 1 heterocycles. The van der Waals surface area contributed by atoms with Crippen LogP contribution in [-0.2, 0) is 10.8 Å². The second kappa shape index (κ2) is 8.20. The predicted molar refractivity (Wildman–Crippen MR) is 147 cm³/mol. The second-order valence-corrected chi connectivity index (χ2v) is 16.9. The number of fused-ring (bicyclic) bond motifs is 1. The van der Waals surface area contributed by atoms with E-state index in [0.717, 1.165) is 5.69 Å². The molecule has 0 saturated heterocycles. The van der Waals surface area contributed by atoms with Crippen molar-refractivity contribution in [2.24, 2.45) is 5.41 Å². The monoisotopic (exact) mass is 449 g/mol. The first kappa shape index (κ1) is 24.8. The van der Waals surface area contributed by atoms with Gasteiger partial charge < -0.3 is 0 Å². The zero-order valence-corrected chi connectivity index (χ0v) is 23.0. The van der Waals surface area contributed by atoms with Gasteiger partial charge in [0.05, 0.1) is 5.69 Å². The Labute approximate surface area is 198 Å². The van der Waals surface area contributed by atoms with Crippen molar-refractivity contribution >= 4 is 20.8 Å². The molecule has 0 bridgehead atoms. The van der Waals surface area contributed by atoms with Crippen LogP contribution in [0.3, 0.4) is 0 Å². The third-order valence-electron chi connectivity index (χ3n) is 6.11. The Bertz CT molecular complexity index is 1090. The minimum absolute atomic E-state index is 0.0914. The van der Waals surface area contributed by atoms with Crippen molar-refractivity contribution in [3.63, 3.8) is 0 Å². The van der Waals surface area contributed by atoms with Gasteiger partial charge in [0.25, 0.3) is 0 Å². The highest BCUT2D eigenvalue weighted by atomic mass is 32.3. The summed E-state index contributed by atoms with van der Waals surface area (Å²) in [5.74, 6) is 1.23. The average Bonchev–Trinajstić information content (AvgIpc) is 2.63. The maximum Gasteiger partial charge on any atom is 0.0780 e. The molecule has 2 heteroatoms. The molecular formula is C30H43NS. The highest BCUT2D eigenvalue weighted by Crippen LogP contribution is 2.53. The van der Waals surface area contributed by atoms with Crippen LogP contribution >= 0.6 is 10.0 Å². The van der Waals surface area contributed by atoms with Crippen molar-refractivity contribution in [3.8, 4) is 11.3 Å². The molecular weight excluding hydrogens is 406 g/mol. The lowest BCUT2D eigenvalue weighted by atomic mass is 9.79. The standard InChI is InChI=1S/C30H43NS/c1-28(2,3)20-32(10,11)25-12-13-26-21(18-25)14-15-31-27(26)22-16-23(29(4,5)6)19-24(17-22)30(7,8)9/h12-19H,20H2,1-11H3. The number of hydrogen-bond donors (Lipinski definition) is 0. The molecule has 0 N–H and O–H groups in total. The fourth-order valence-electron chi connectivity index (χ4n) is 4.53. The van der Waals surface area contributed by atoms with Crippen molar-refractivity contribution in [1.82, 2.24) is 4.98 Å². The van der Waals surface area contributed by atoms with E-state index in [1.165, 1.54) is 38.1 Å². The van der Waals surface area contributed by atoms with Crippen molar-refractivity contribution in [3.05, 3.63) is 59.8 Å². The van der Waals surface area contributed by atoms with Gasteiger partial charge in [0.2, 0.25) is 0 Å². The van der Waals surface area contributed by atoms with Crippen LogP contribution in [0.2, 0.25) is 0 Å². The largest absolute Gasteiger partial charge is 0.256 e. The van der Waals surface area contributed by atoms with Crippen LogP contribution in [-0.4, -0.2) is 23.2 Å². The van der Waals surface area contributed by atoms with Crippen molar-refractivity contribution in [2.75, 3.05) is 18.3 Å². The summed E-state index contributed by atoms with van der Waals surface area (Å²) in [5.41, 5.74) is 5.56.